The summed E-state index contributed by atoms with van der Waals surface area (Å²) in [5.41, 5.74) is 9.67. The summed E-state index contributed by atoms with van der Waals surface area (Å²) in [6.07, 6.45) is 3.71. The van der Waals surface area contributed by atoms with Crippen LogP contribution in [0.3, 0.4) is 0 Å². The van der Waals surface area contributed by atoms with Crippen molar-refractivity contribution in [3.63, 3.8) is 0 Å². The number of urea groups is 1. The van der Waals surface area contributed by atoms with Gasteiger partial charge in [-0.3, -0.25) is 10.3 Å². The summed E-state index contributed by atoms with van der Waals surface area (Å²) >= 11 is 0. The van der Waals surface area contributed by atoms with Gasteiger partial charge in [0.25, 0.3) is 0 Å². The normalized spacial score (nSPS) is 13.7. The number of aromatic nitrogens is 2. The summed E-state index contributed by atoms with van der Waals surface area (Å²) in [5.74, 6) is 0.491. The van der Waals surface area contributed by atoms with Crippen molar-refractivity contribution in [1.82, 2.24) is 14.9 Å². The highest BCUT2D eigenvalue weighted by Gasteiger charge is 2.30. The monoisotopic (exact) mass is 405 g/mol. The molecule has 0 radical (unpaired) electrons. The molecule has 7 heteroatoms. The van der Waals surface area contributed by atoms with Gasteiger partial charge in [0.1, 0.15) is 5.82 Å². The summed E-state index contributed by atoms with van der Waals surface area (Å²) in [6.45, 7) is 3.23. The molecule has 0 unspecified atom stereocenters. The number of anilines is 2. The number of rotatable bonds is 5. The van der Waals surface area contributed by atoms with Crippen LogP contribution in [0.15, 0.2) is 54.7 Å². The van der Waals surface area contributed by atoms with Gasteiger partial charge >= 0.3 is 6.03 Å². The number of amides is 2. The van der Waals surface area contributed by atoms with Crippen molar-refractivity contribution in [2.45, 2.75) is 19.8 Å². The number of nitrogens with one attached hydrogen (secondary N) is 1. The van der Waals surface area contributed by atoms with Gasteiger partial charge < -0.3 is 10.6 Å². The zero-order valence-corrected chi connectivity index (χ0v) is 16.8. The van der Waals surface area contributed by atoms with E-state index in [0.29, 0.717) is 36.2 Å². The molecule has 30 heavy (non-hydrogen) atoms. The molecule has 1 fully saturated rings. The molecule has 1 saturated heterocycles. The summed E-state index contributed by atoms with van der Waals surface area (Å²) < 4.78 is 13.4. The van der Waals surface area contributed by atoms with Crippen molar-refractivity contribution in [3.8, 4) is 11.3 Å². The molecule has 4 rings (SSSR count). The van der Waals surface area contributed by atoms with E-state index < -0.39 is 0 Å². The van der Waals surface area contributed by atoms with E-state index in [0.717, 1.165) is 29.7 Å². The third-order valence-electron chi connectivity index (χ3n) is 5.40. The van der Waals surface area contributed by atoms with Crippen molar-refractivity contribution in [2.75, 3.05) is 24.1 Å². The lowest BCUT2D eigenvalue weighted by Crippen LogP contribution is -2.51. The first kappa shape index (κ1) is 19.8. The third kappa shape index (κ3) is 4.40. The molecule has 1 aliphatic rings. The Bertz CT molecular complexity index is 1050. The van der Waals surface area contributed by atoms with Crippen LogP contribution >= 0.6 is 0 Å². The molecule has 0 bridgehead atoms. The second-order valence-electron chi connectivity index (χ2n) is 7.65. The number of halogens is 1. The molecule has 1 aromatic carbocycles. The second-order valence-corrected chi connectivity index (χ2v) is 7.65. The number of nitrogens with two attached hydrogens (primary N) is 1. The molecule has 2 aromatic heterocycles. The summed E-state index contributed by atoms with van der Waals surface area (Å²) in [5, 5.41) is 2.81. The number of pyridine rings is 2. The largest absolute Gasteiger partial charge is 0.396 e. The molecule has 3 heterocycles. The number of carbonyl (C=O) groups excluding carboxylic acids is 1. The average molecular weight is 405 g/mol. The van der Waals surface area contributed by atoms with Crippen LogP contribution in [0.2, 0.25) is 0 Å². The number of aryl methyl sites for hydroxylation is 2. The van der Waals surface area contributed by atoms with E-state index in [9.17, 15) is 9.18 Å². The quantitative estimate of drug-likeness (QED) is 0.664. The van der Waals surface area contributed by atoms with Crippen LogP contribution in [-0.4, -0.2) is 34.0 Å². The van der Waals surface area contributed by atoms with Crippen molar-refractivity contribution < 1.29 is 9.18 Å². The first-order valence-electron chi connectivity index (χ1n) is 9.98. The zero-order valence-electron chi connectivity index (χ0n) is 16.8. The molecule has 1 aliphatic heterocycles. The van der Waals surface area contributed by atoms with Gasteiger partial charge in [0.05, 0.1) is 11.4 Å². The van der Waals surface area contributed by atoms with Crippen molar-refractivity contribution >= 4 is 17.5 Å². The molecule has 0 aliphatic carbocycles. The van der Waals surface area contributed by atoms with Crippen molar-refractivity contribution in [1.29, 1.82) is 0 Å². The van der Waals surface area contributed by atoms with Gasteiger partial charge in [-0.25, -0.2) is 14.2 Å². The van der Waals surface area contributed by atoms with Gasteiger partial charge in [-0.05, 0) is 73.7 Å². The number of nitrogen functional groups attached to an aromatic ring is 1. The Morgan fingerprint density at radius 3 is 2.80 bits per heavy atom. The molecule has 2 amide bonds. The van der Waals surface area contributed by atoms with Gasteiger partial charge in [-0.1, -0.05) is 6.07 Å². The Labute approximate surface area is 175 Å². The van der Waals surface area contributed by atoms with Crippen LogP contribution in [0, 0.1) is 18.7 Å². The van der Waals surface area contributed by atoms with Crippen LogP contribution < -0.4 is 11.1 Å². The molecule has 0 spiro atoms. The molecular formula is C23H24FN5O. The lowest BCUT2D eigenvalue weighted by Gasteiger charge is -2.39. The molecule has 3 N–H and O–H groups in total. The van der Waals surface area contributed by atoms with Gasteiger partial charge in [0, 0.05) is 30.5 Å². The van der Waals surface area contributed by atoms with E-state index in [2.05, 4.69) is 15.3 Å². The SMILES string of the molecule is Cc1cc(F)ccc1-c1ccc(N)c(NC(=O)N2CC(CCc3ccccn3)C2)n1. The molecule has 0 saturated carbocycles. The molecule has 6 nitrogen and oxygen atoms in total. The van der Waals surface area contributed by atoms with Crippen molar-refractivity contribution in [3.05, 3.63) is 71.8 Å². The Morgan fingerprint density at radius 2 is 2.07 bits per heavy atom. The standard InChI is InChI=1S/C23H24FN5O/c1-15-12-17(24)6-8-19(15)21-10-9-20(25)22(27-21)28-23(30)29-13-16(14-29)5-7-18-4-2-3-11-26-18/h2-4,6,8-12,16H,5,7,13-14,25H2,1H3,(H,27,28,30). The molecule has 154 valence electrons. The molecule has 0 atom stereocenters. The summed E-state index contributed by atoms with van der Waals surface area (Å²) in [4.78, 5) is 23.2. The van der Waals surface area contributed by atoms with Gasteiger partial charge in [0.2, 0.25) is 0 Å². The van der Waals surface area contributed by atoms with E-state index in [1.807, 2.05) is 25.1 Å². The Morgan fingerprint density at radius 1 is 1.23 bits per heavy atom. The lowest BCUT2D eigenvalue weighted by molar-refractivity contribution is 0.125. The Balaban J connectivity index is 1.36. The topological polar surface area (TPSA) is 84.1 Å². The highest BCUT2D eigenvalue weighted by molar-refractivity contribution is 5.92. The molecule has 3 aromatic rings. The fourth-order valence-corrected chi connectivity index (χ4v) is 3.63. The van der Waals surface area contributed by atoms with Gasteiger partial charge in [-0.2, -0.15) is 0 Å². The smallest absolute Gasteiger partial charge is 0.323 e. The minimum atomic E-state index is -0.296. The lowest BCUT2D eigenvalue weighted by atomic mass is 9.94. The van der Waals surface area contributed by atoms with E-state index in [-0.39, 0.29) is 11.8 Å². The first-order chi connectivity index (χ1) is 14.5. The number of benzene rings is 1. The number of likely N-dealkylation sites (tertiary alicyclic amines) is 1. The number of carbonyl (C=O) groups is 1. The highest BCUT2D eigenvalue weighted by atomic mass is 19.1. The van der Waals surface area contributed by atoms with Gasteiger partial charge in [0.15, 0.2) is 5.82 Å². The van der Waals surface area contributed by atoms with Crippen LogP contribution in [-0.2, 0) is 6.42 Å². The highest BCUT2D eigenvalue weighted by Crippen LogP contribution is 2.27. The average Bonchev–Trinajstić information content (AvgIpc) is 2.69. The first-order valence-corrected chi connectivity index (χ1v) is 9.98. The minimum Gasteiger partial charge on any atom is -0.396 e. The summed E-state index contributed by atoms with van der Waals surface area (Å²) in [7, 11) is 0. The van der Waals surface area contributed by atoms with E-state index in [4.69, 9.17) is 5.73 Å². The van der Waals surface area contributed by atoms with Crippen LogP contribution in [0.25, 0.3) is 11.3 Å². The number of hydrogen-bond acceptors (Lipinski definition) is 4. The Hall–Kier alpha value is -3.48. The minimum absolute atomic E-state index is 0.212. The van der Waals surface area contributed by atoms with E-state index >= 15 is 0 Å². The predicted octanol–water partition coefficient (Wildman–Crippen LogP) is 4.27. The maximum absolute atomic E-state index is 13.4. The van der Waals surface area contributed by atoms with Crippen LogP contribution in [0.1, 0.15) is 17.7 Å². The van der Waals surface area contributed by atoms with Crippen molar-refractivity contribution in [2.24, 2.45) is 5.92 Å². The second kappa shape index (κ2) is 8.49. The predicted molar refractivity (Wildman–Crippen MR) is 115 cm³/mol. The Kier molecular flexibility index (Phi) is 5.61. The number of hydrogen-bond donors (Lipinski definition) is 2. The fraction of sp³-hybridized carbons (Fsp3) is 0.261. The maximum atomic E-state index is 13.4. The van der Waals surface area contributed by atoms with E-state index in [1.165, 1.54) is 12.1 Å². The summed E-state index contributed by atoms with van der Waals surface area (Å²) in [6, 6.07) is 13.7. The fourth-order valence-electron chi connectivity index (χ4n) is 3.63. The van der Waals surface area contributed by atoms with Crippen LogP contribution in [0.5, 0.6) is 0 Å². The zero-order chi connectivity index (χ0) is 21.1. The van der Waals surface area contributed by atoms with E-state index in [1.54, 1.807) is 29.3 Å². The third-order valence-corrected chi connectivity index (χ3v) is 5.40. The number of nitrogens with zero attached hydrogens (tertiary/aromatic N) is 3. The molecular weight excluding hydrogens is 381 g/mol. The van der Waals surface area contributed by atoms with Gasteiger partial charge in [-0.15, -0.1) is 0 Å². The maximum Gasteiger partial charge on any atom is 0.323 e. The van der Waals surface area contributed by atoms with Crippen LogP contribution in [0.4, 0.5) is 20.7 Å².